The topological polar surface area (TPSA) is 67.1 Å². The first kappa shape index (κ1) is 16.2. The smallest absolute Gasteiger partial charge is 0.234 e. The summed E-state index contributed by atoms with van der Waals surface area (Å²) in [4.78, 5) is 16.0. The third kappa shape index (κ3) is 4.14. The van der Waals surface area contributed by atoms with Crippen molar-refractivity contribution in [3.05, 3.63) is 40.1 Å². The number of nitrogens with zero attached hydrogens (tertiary/aromatic N) is 2. The van der Waals surface area contributed by atoms with Crippen LogP contribution in [0.4, 0.5) is 5.69 Å². The summed E-state index contributed by atoms with van der Waals surface area (Å²) in [6.07, 6.45) is 1.58. The number of aromatic nitrogens is 2. The lowest BCUT2D eigenvalue weighted by Crippen LogP contribution is -2.14. The maximum absolute atomic E-state index is 11.9. The van der Waals surface area contributed by atoms with E-state index in [4.69, 9.17) is 28.3 Å². The summed E-state index contributed by atoms with van der Waals surface area (Å²) in [5.74, 6) is 0.0302. The van der Waals surface area contributed by atoms with E-state index < -0.39 is 0 Å². The maximum Gasteiger partial charge on any atom is 0.234 e. The van der Waals surface area contributed by atoms with Gasteiger partial charge in [0.15, 0.2) is 5.16 Å². The van der Waals surface area contributed by atoms with Crippen LogP contribution < -0.4 is 5.32 Å². The fourth-order valence-corrected chi connectivity index (χ4v) is 2.68. The number of hydrogen-bond acceptors (Lipinski definition) is 4. The highest BCUT2D eigenvalue weighted by Gasteiger charge is 2.10. The number of hydrogen-bond donors (Lipinski definition) is 2. The maximum atomic E-state index is 11.9. The van der Waals surface area contributed by atoms with Gasteiger partial charge in [-0.3, -0.25) is 4.79 Å². The summed E-state index contributed by atoms with van der Waals surface area (Å²) in [7, 11) is 1.79. The molecule has 0 unspecified atom stereocenters. The van der Waals surface area contributed by atoms with Gasteiger partial charge >= 0.3 is 0 Å². The van der Waals surface area contributed by atoms with Crippen LogP contribution in [-0.4, -0.2) is 26.3 Å². The quantitative estimate of drug-likeness (QED) is 0.817. The van der Waals surface area contributed by atoms with Gasteiger partial charge in [0, 0.05) is 12.7 Å². The number of imidazole rings is 1. The van der Waals surface area contributed by atoms with Crippen LogP contribution in [0.5, 0.6) is 0 Å². The van der Waals surface area contributed by atoms with Crippen molar-refractivity contribution in [3.8, 4) is 0 Å². The molecule has 1 heterocycles. The molecule has 0 fully saturated rings. The number of nitrogens with one attached hydrogen (secondary N) is 1. The Bertz CT molecular complexity index is 661. The van der Waals surface area contributed by atoms with Crippen LogP contribution in [0.15, 0.2) is 29.6 Å². The summed E-state index contributed by atoms with van der Waals surface area (Å²) in [5, 5.41) is 13.3. The van der Waals surface area contributed by atoms with Crippen molar-refractivity contribution in [1.82, 2.24) is 9.55 Å². The van der Waals surface area contributed by atoms with Crippen LogP contribution in [0.25, 0.3) is 0 Å². The second-order valence-corrected chi connectivity index (χ2v) is 5.97. The van der Waals surface area contributed by atoms with Gasteiger partial charge in [-0.05, 0) is 18.2 Å². The molecular formula is C13H13Cl2N3O2S. The Morgan fingerprint density at radius 1 is 1.43 bits per heavy atom. The molecule has 1 aromatic heterocycles. The molecule has 0 saturated heterocycles. The van der Waals surface area contributed by atoms with Crippen molar-refractivity contribution >= 4 is 46.6 Å². The average Bonchev–Trinajstić information content (AvgIpc) is 2.81. The number of carbonyl (C=O) groups excluding carboxylic acids is 1. The lowest BCUT2D eigenvalue weighted by Gasteiger charge is -2.07. The zero-order chi connectivity index (χ0) is 15.4. The highest BCUT2D eigenvalue weighted by atomic mass is 35.5. The molecule has 2 aromatic rings. The van der Waals surface area contributed by atoms with E-state index in [-0.39, 0.29) is 18.3 Å². The molecule has 5 nitrogen and oxygen atoms in total. The van der Waals surface area contributed by atoms with Gasteiger partial charge in [-0.25, -0.2) is 4.98 Å². The zero-order valence-corrected chi connectivity index (χ0v) is 13.5. The van der Waals surface area contributed by atoms with E-state index in [9.17, 15) is 4.79 Å². The largest absolute Gasteiger partial charge is 0.390 e. The molecule has 2 N–H and O–H groups in total. The molecule has 1 amide bonds. The number of carbonyl (C=O) groups is 1. The van der Waals surface area contributed by atoms with E-state index in [1.54, 1.807) is 36.0 Å². The number of amides is 1. The zero-order valence-electron chi connectivity index (χ0n) is 11.1. The van der Waals surface area contributed by atoms with Gasteiger partial charge < -0.3 is 15.0 Å². The standard InChI is InChI=1S/C13H13Cl2N3O2S/c1-18-9(6-19)5-16-13(18)21-7-12(20)17-8-2-3-10(14)11(15)4-8/h2-5,19H,6-7H2,1H3,(H,17,20). The van der Waals surface area contributed by atoms with Crippen LogP contribution in [0.2, 0.25) is 10.0 Å². The number of thioether (sulfide) groups is 1. The number of halogens is 2. The first-order valence-corrected chi connectivity index (χ1v) is 7.74. The summed E-state index contributed by atoms with van der Waals surface area (Å²) in [5.41, 5.74) is 1.29. The van der Waals surface area contributed by atoms with Gasteiger partial charge in [-0.15, -0.1) is 0 Å². The lowest BCUT2D eigenvalue weighted by atomic mass is 10.3. The van der Waals surface area contributed by atoms with Crippen LogP contribution >= 0.6 is 35.0 Å². The third-order valence-corrected chi connectivity index (χ3v) is 4.52. The van der Waals surface area contributed by atoms with E-state index in [0.717, 1.165) is 0 Å². The molecule has 0 saturated carbocycles. The van der Waals surface area contributed by atoms with Crippen LogP contribution in [0.3, 0.4) is 0 Å². The molecule has 1 aromatic carbocycles. The molecule has 21 heavy (non-hydrogen) atoms. The minimum absolute atomic E-state index is 0.0838. The Morgan fingerprint density at radius 2 is 2.19 bits per heavy atom. The van der Waals surface area contributed by atoms with Crippen LogP contribution in [0.1, 0.15) is 5.69 Å². The molecule has 0 aliphatic rings. The predicted octanol–water partition coefficient (Wildman–Crippen LogP) is 2.95. The van der Waals surface area contributed by atoms with Crippen LogP contribution in [0, 0.1) is 0 Å². The van der Waals surface area contributed by atoms with Gasteiger partial charge in [0.25, 0.3) is 0 Å². The van der Waals surface area contributed by atoms with E-state index in [1.165, 1.54) is 11.8 Å². The summed E-state index contributed by atoms with van der Waals surface area (Å²) < 4.78 is 1.75. The number of aliphatic hydroxyl groups excluding tert-OH is 1. The molecular weight excluding hydrogens is 333 g/mol. The highest BCUT2D eigenvalue weighted by molar-refractivity contribution is 7.99. The van der Waals surface area contributed by atoms with Gasteiger partial charge in [0.05, 0.1) is 34.3 Å². The number of benzene rings is 1. The van der Waals surface area contributed by atoms with E-state index in [0.29, 0.717) is 26.6 Å². The Kier molecular flexibility index (Phi) is 5.52. The predicted molar refractivity (Wildman–Crippen MR) is 84.9 cm³/mol. The fourth-order valence-electron chi connectivity index (χ4n) is 1.61. The van der Waals surface area contributed by atoms with E-state index in [2.05, 4.69) is 10.3 Å². The Labute approximate surface area is 136 Å². The molecule has 2 rings (SSSR count). The van der Waals surface area contributed by atoms with Gasteiger partial charge in [-0.2, -0.15) is 0 Å². The van der Waals surface area contributed by atoms with Gasteiger partial charge in [-0.1, -0.05) is 35.0 Å². The van der Waals surface area contributed by atoms with Crippen molar-refractivity contribution in [2.24, 2.45) is 7.05 Å². The normalized spacial score (nSPS) is 10.7. The second-order valence-electron chi connectivity index (χ2n) is 4.21. The van der Waals surface area contributed by atoms with E-state index in [1.807, 2.05) is 0 Å². The summed E-state index contributed by atoms with van der Waals surface area (Å²) in [6.45, 7) is -0.0838. The molecule has 0 bridgehead atoms. The molecule has 0 aliphatic heterocycles. The molecule has 8 heteroatoms. The van der Waals surface area contributed by atoms with Gasteiger partial charge in [0.1, 0.15) is 0 Å². The molecule has 112 valence electrons. The first-order chi connectivity index (χ1) is 10.0. The van der Waals surface area contributed by atoms with Crippen LogP contribution in [-0.2, 0) is 18.4 Å². The number of anilines is 1. The van der Waals surface area contributed by atoms with Gasteiger partial charge in [0.2, 0.25) is 5.91 Å². The molecule has 0 spiro atoms. The lowest BCUT2D eigenvalue weighted by molar-refractivity contribution is -0.113. The molecule has 0 atom stereocenters. The van der Waals surface area contributed by atoms with Crippen molar-refractivity contribution in [3.63, 3.8) is 0 Å². The first-order valence-electron chi connectivity index (χ1n) is 6.00. The number of aliphatic hydroxyl groups is 1. The highest BCUT2D eigenvalue weighted by Crippen LogP contribution is 2.25. The summed E-state index contributed by atoms with van der Waals surface area (Å²) >= 11 is 13.0. The number of rotatable bonds is 5. The fraction of sp³-hybridized carbons (Fsp3) is 0.231. The monoisotopic (exact) mass is 345 g/mol. The summed E-state index contributed by atoms with van der Waals surface area (Å²) in [6, 6.07) is 4.90. The second kappa shape index (κ2) is 7.17. The average molecular weight is 346 g/mol. The minimum Gasteiger partial charge on any atom is -0.390 e. The van der Waals surface area contributed by atoms with Crippen molar-refractivity contribution in [1.29, 1.82) is 0 Å². The Balaban J connectivity index is 1.92. The Morgan fingerprint density at radius 3 is 2.81 bits per heavy atom. The molecule has 0 radical (unpaired) electrons. The SMILES string of the molecule is Cn1c(CO)cnc1SCC(=O)Nc1ccc(Cl)c(Cl)c1. The minimum atomic E-state index is -0.174. The van der Waals surface area contributed by atoms with Crippen molar-refractivity contribution in [2.45, 2.75) is 11.8 Å². The van der Waals surface area contributed by atoms with E-state index >= 15 is 0 Å². The van der Waals surface area contributed by atoms with Crippen molar-refractivity contribution in [2.75, 3.05) is 11.1 Å². The molecule has 0 aliphatic carbocycles. The third-order valence-electron chi connectivity index (χ3n) is 2.74. The van der Waals surface area contributed by atoms with Crippen molar-refractivity contribution < 1.29 is 9.90 Å². The Hall–Kier alpha value is -1.21.